The molecule has 1 atom stereocenters. The fourth-order valence-electron chi connectivity index (χ4n) is 3.76. The van der Waals surface area contributed by atoms with E-state index in [-0.39, 0.29) is 6.04 Å². The van der Waals surface area contributed by atoms with Crippen molar-refractivity contribution in [2.24, 2.45) is 12.0 Å². The maximum atomic E-state index is 5.37. The van der Waals surface area contributed by atoms with Gasteiger partial charge in [0, 0.05) is 63.3 Å². The van der Waals surface area contributed by atoms with Crippen molar-refractivity contribution in [2.75, 3.05) is 65.4 Å². The molecule has 2 aromatic rings. The number of guanidine groups is 1. The minimum Gasteiger partial charge on any atom is -0.497 e. The van der Waals surface area contributed by atoms with Gasteiger partial charge >= 0.3 is 0 Å². The van der Waals surface area contributed by atoms with Crippen LogP contribution < -0.4 is 15.0 Å². The largest absolute Gasteiger partial charge is 0.497 e. The van der Waals surface area contributed by atoms with E-state index in [0.717, 1.165) is 44.4 Å². The van der Waals surface area contributed by atoms with E-state index in [0.29, 0.717) is 6.54 Å². The highest BCUT2D eigenvalue weighted by Gasteiger charge is 2.21. The van der Waals surface area contributed by atoms with E-state index in [1.54, 1.807) is 7.11 Å². The minimum atomic E-state index is 0.199. The molecule has 1 fully saturated rings. The summed E-state index contributed by atoms with van der Waals surface area (Å²) in [5.41, 5.74) is 2.39. The number of aryl methyl sites for hydroxylation is 1. The lowest BCUT2D eigenvalue weighted by Gasteiger charge is -2.38. The third-order valence-electron chi connectivity index (χ3n) is 5.48. The molecule has 1 saturated heterocycles. The SMILES string of the molecule is CCNC(=NCC(c1cnn(C)c1)N(C)C)N1CCN(c2cccc(OC)c2)CC1. The first-order valence-electron chi connectivity index (χ1n) is 10.6. The summed E-state index contributed by atoms with van der Waals surface area (Å²) in [6.07, 6.45) is 4.00. The van der Waals surface area contributed by atoms with Gasteiger partial charge in [-0.2, -0.15) is 5.10 Å². The Morgan fingerprint density at radius 3 is 2.63 bits per heavy atom. The molecule has 1 N–H and O–H groups in total. The van der Waals surface area contributed by atoms with E-state index in [2.05, 4.69) is 64.5 Å². The summed E-state index contributed by atoms with van der Waals surface area (Å²) in [7, 11) is 7.84. The lowest BCUT2D eigenvalue weighted by molar-refractivity contribution is 0.303. The lowest BCUT2D eigenvalue weighted by atomic mass is 10.1. The van der Waals surface area contributed by atoms with Crippen LogP contribution in [0, 0.1) is 0 Å². The summed E-state index contributed by atoms with van der Waals surface area (Å²) in [5, 5.41) is 7.80. The summed E-state index contributed by atoms with van der Waals surface area (Å²) < 4.78 is 7.22. The van der Waals surface area contributed by atoms with Gasteiger partial charge < -0.3 is 24.8 Å². The van der Waals surface area contributed by atoms with Crippen molar-refractivity contribution >= 4 is 11.6 Å². The van der Waals surface area contributed by atoms with Gasteiger partial charge in [0.1, 0.15) is 5.75 Å². The zero-order valence-corrected chi connectivity index (χ0v) is 18.9. The van der Waals surface area contributed by atoms with Crippen molar-refractivity contribution < 1.29 is 4.74 Å². The van der Waals surface area contributed by atoms with Crippen LogP contribution in [0.5, 0.6) is 5.75 Å². The summed E-state index contributed by atoms with van der Waals surface area (Å²) in [6, 6.07) is 8.48. The number of piperazine rings is 1. The number of nitrogens with one attached hydrogen (secondary N) is 1. The highest BCUT2D eigenvalue weighted by Crippen LogP contribution is 2.22. The molecule has 164 valence electrons. The van der Waals surface area contributed by atoms with E-state index in [9.17, 15) is 0 Å². The monoisotopic (exact) mass is 413 g/mol. The third-order valence-corrected chi connectivity index (χ3v) is 5.48. The van der Waals surface area contributed by atoms with Crippen LogP contribution in [0.15, 0.2) is 41.7 Å². The summed E-state index contributed by atoms with van der Waals surface area (Å²) in [6.45, 7) is 7.44. The topological polar surface area (TPSA) is 61.2 Å². The molecule has 0 spiro atoms. The Morgan fingerprint density at radius 1 is 1.27 bits per heavy atom. The van der Waals surface area contributed by atoms with Crippen LogP contribution in [-0.4, -0.2) is 86.0 Å². The molecule has 1 aliphatic heterocycles. The molecule has 0 bridgehead atoms. The quantitative estimate of drug-likeness (QED) is 0.552. The van der Waals surface area contributed by atoms with E-state index in [1.165, 1.54) is 11.3 Å². The first-order chi connectivity index (χ1) is 14.5. The standard InChI is InChI=1S/C22H35N7O/c1-6-23-22(24-16-21(26(2)3)18-15-25-27(4)17-18)29-12-10-28(11-13-29)19-8-7-9-20(14-19)30-5/h7-9,14-15,17,21H,6,10-13,16H2,1-5H3,(H,23,24). The van der Waals surface area contributed by atoms with E-state index in [1.807, 2.05) is 30.1 Å². The number of anilines is 1. The van der Waals surface area contributed by atoms with Crippen molar-refractivity contribution in [3.05, 3.63) is 42.2 Å². The van der Waals surface area contributed by atoms with Crippen molar-refractivity contribution in [3.63, 3.8) is 0 Å². The molecule has 1 aliphatic rings. The van der Waals surface area contributed by atoms with Crippen LogP contribution in [0.4, 0.5) is 5.69 Å². The van der Waals surface area contributed by atoms with Gasteiger partial charge in [0.05, 0.1) is 25.9 Å². The summed E-state index contributed by atoms with van der Waals surface area (Å²) in [4.78, 5) is 11.9. The number of hydrogen-bond acceptors (Lipinski definition) is 5. The molecule has 30 heavy (non-hydrogen) atoms. The van der Waals surface area contributed by atoms with Gasteiger partial charge in [0.2, 0.25) is 0 Å². The van der Waals surface area contributed by atoms with E-state index < -0.39 is 0 Å². The number of aromatic nitrogens is 2. The Kier molecular flexibility index (Phi) is 7.57. The fraction of sp³-hybridized carbons (Fsp3) is 0.545. The minimum absolute atomic E-state index is 0.199. The Balaban J connectivity index is 1.66. The van der Waals surface area contributed by atoms with Gasteiger partial charge in [-0.1, -0.05) is 6.07 Å². The summed E-state index contributed by atoms with van der Waals surface area (Å²) in [5.74, 6) is 1.88. The van der Waals surface area contributed by atoms with Crippen LogP contribution in [-0.2, 0) is 7.05 Å². The first-order valence-corrected chi connectivity index (χ1v) is 10.6. The third kappa shape index (κ3) is 5.44. The Bertz CT molecular complexity index is 824. The van der Waals surface area contributed by atoms with E-state index in [4.69, 9.17) is 9.73 Å². The zero-order valence-electron chi connectivity index (χ0n) is 18.9. The van der Waals surface area contributed by atoms with Crippen molar-refractivity contribution in [3.8, 4) is 5.75 Å². The van der Waals surface area contributed by atoms with Gasteiger partial charge in [-0.25, -0.2) is 0 Å². The molecule has 3 rings (SSSR count). The average Bonchev–Trinajstić information content (AvgIpc) is 3.19. The average molecular weight is 414 g/mol. The van der Waals surface area contributed by atoms with E-state index >= 15 is 0 Å². The van der Waals surface area contributed by atoms with Gasteiger partial charge in [-0.15, -0.1) is 0 Å². The van der Waals surface area contributed by atoms with Crippen molar-refractivity contribution in [1.29, 1.82) is 0 Å². The Hall–Kier alpha value is -2.74. The van der Waals surface area contributed by atoms with Crippen molar-refractivity contribution in [2.45, 2.75) is 13.0 Å². The van der Waals surface area contributed by atoms with Gasteiger partial charge in [-0.05, 0) is 33.2 Å². The Morgan fingerprint density at radius 2 is 2.03 bits per heavy atom. The normalized spacial score (nSPS) is 16.1. The highest BCUT2D eigenvalue weighted by atomic mass is 16.5. The van der Waals surface area contributed by atoms with Gasteiger partial charge in [0.15, 0.2) is 5.96 Å². The molecule has 1 aromatic heterocycles. The number of nitrogens with zero attached hydrogens (tertiary/aromatic N) is 6. The van der Waals surface area contributed by atoms with Crippen LogP contribution in [0.25, 0.3) is 0 Å². The second-order valence-corrected chi connectivity index (χ2v) is 7.80. The molecular formula is C22H35N7O. The second kappa shape index (κ2) is 10.3. The molecule has 2 heterocycles. The number of ether oxygens (including phenoxy) is 1. The molecule has 8 heteroatoms. The molecule has 1 aromatic carbocycles. The predicted octanol–water partition coefficient (Wildman–Crippen LogP) is 1.82. The number of rotatable bonds is 7. The highest BCUT2D eigenvalue weighted by molar-refractivity contribution is 5.80. The fourth-order valence-corrected chi connectivity index (χ4v) is 3.76. The maximum absolute atomic E-state index is 5.37. The first kappa shape index (κ1) is 22.0. The molecule has 1 unspecified atom stereocenters. The molecule has 8 nitrogen and oxygen atoms in total. The molecular weight excluding hydrogens is 378 g/mol. The number of methoxy groups -OCH3 is 1. The van der Waals surface area contributed by atoms with Crippen LogP contribution in [0.2, 0.25) is 0 Å². The van der Waals surface area contributed by atoms with Crippen LogP contribution >= 0.6 is 0 Å². The van der Waals surface area contributed by atoms with Crippen molar-refractivity contribution in [1.82, 2.24) is 24.9 Å². The number of aliphatic imine (C=N–C) groups is 1. The lowest BCUT2D eigenvalue weighted by Crippen LogP contribution is -2.52. The number of benzene rings is 1. The van der Waals surface area contributed by atoms with Crippen LogP contribution in [0.3, 0.4) is 0 Å². The number of hydrogen-bond donors (Lipinski definition) is 1. The molecule has 0 saturated carbocycles. The van der Waals surface area contributed by atoms with Gasteiger partial charge in [0.25, 0.3) is 0 Å². The molecule has 0 radical (unpaired) electrons. The summed E-state index contributed by atoms with van der Waals surface area (Å²) >= 11 is 0. The number of likely N-dealkylation sites (N-methyl/N-ethyl adjacent to an activating group) is 1. The molecule has 0 aliphatic carbocycles. The van der Waals surface area contributed by atoms with Gasteiger partial charge in [-0.3, -0.25) is 9.67 Å². The molecule has 0 amide bonds. The maximum Gasteiger partial charge on any atom is 0.194 e. The zero-order chi connectivity index (χ0) is 21.5. The smallest absolute Gasteiger partial charge is 0.194 e. The Labute approximate surface area is 180 Å². The van der Waals surface area contributed by atoms with Crippen LogP contribution in [0.1, 0.15) is 18.5 Å². The second-order valence-electron chi connectivity index (χ2n) is 7.80. The predicted molar refractivity (Wildman–Crippen MR) is 122 cm³/mol.